The van der Waals surface area contributed by atoms with E-state index in [4.69, 9.17) is 4.74 Å². The second kappa shape index (κ2) is 8.01. The Morgan fingerprint density at radius 2 is 1.90 bits per heavy atom. The molecule has 0 amide bonds. The Balaban J connectivity index is 1.61. The van der Waals surface area contributed by atoms with Crippen molar-refractivity contribution >= 4 is 21.9 Å². The van der Waals surface area contributed by atoms with Crippen LogP contribution in [0.1, 0.15) is 31.0 Å². The van der Waals surface area contributed by atoms with Gasteiger partial charge in [0.1, 0.15) is 17.8 Å². The molecule has 0 bridgehead atoms. The number of hydrogen-bond donors (Lipinski definition) is 1. The van der Waals surface area contributed by atoms with Gasteiger partial charge in [-0.1, -0.05) is 36.8 Å². The highest BCUT2D eigenvalue weighted by molar-refractivity contribution is 6.10. The summed E-state index contributed by atoms with van der Waals surface area (Å²) >= 11 is 0. The van der Waals surface area contributed by atoms with Gasteiger partial charge >= 0.3 is 0 Å². The molecule has 4 aromatic rings. The van der Waals surface area contributed by atoms with Gasteiger partial charge in [-0.05, 0) is 37.9 Å². The molecular weight excluding hydrogens is 386 g/mol. The van der Waals surface area contributed by atoms with E-state index in [9.17, 15) is 5.26 Å². The largest absolute Gasteiger partial charge is 0.487 e. The van der Waals surface area contributed by atoms with Crippen molar-refractivity contribution in [3.05, 3.63) is 54.0 Å². The highest BCUT2D eigenvalue weighted by Gasteiger charge is 2.24. The molecule has 0 unspecified atom stereocenters. The number of benzene rings is 1. The molecule has 6 heteroatoms. The van der Waals surface area contributed by atoms with Crippen molar-refractivity contribution in [3.63, 3.8) is 0 Å². The van der Waals surface area contributed by atoms with Crippen LogP contribution < -0.4 is 4.74 Å². The number of aryl methyl sites for hydroxylation is 1. The number of H-pyrrole nitrogens is 1. The van der Waals surface area contributed by atoms with Crippen molar-refractivity contribution in [2.45, 2.75) is 32.8 Å². The van der Waals surface area contributed by atoms with Gasteiger partial charge in [0.25, 0.3) is 0 Å². The predicted octanol–water partition coefficient (Wildman–Crippen LogP) is 4.82. The molecule has 1 saturated heterocycles. The second-order valence-electron chi connectivity index (χ2n) is 8.20. The topological polar surface area (TPSA) is 77.8 Å². The fourth-order valence-electron chi connectivity index (χ4n) is 4.35. The molecule has 0 spiro atoms. The lowest BCUT2D eigenvalue weighted by atomic mass is 10.0. The molecule has 4 heterocycles. The molecule has 3 aromatic heterocycles. The maximum atomic E-state index is 9.73. The number of nitrogens with zero attached hydrogens (tertiary/aromatic N) is 4. The predicted molar refractivity (Wildman–Crippen MR) is 122 cm³/mol. The first-order valence-corrected chi connectivity index (χ1v) is 10.8. The zero-order valence-corrected chi connectivity index (χ0v) is 17.9. The molecule has 0 atom stereocenters. The Bertz CT molecular complexity index is 1280. The molecule has 0 saturated carbocycles. The lowest BCUT2D eigenvalue weighted by Gasteiger charge is -2.31. The van der Waals surface area contributed by atoms with Crippen LogP contribution in [0.4, 0.5) is 0 Å². The molecule has 31 heavy (non-hydrogen) atoms. The van der Waals surface area contributed by atoms with Gasteiger partial charge < -0.3 is 14.6 Å². The molecule has 5 rings (SSSR count). The van der Waals surface area contributed by atoms with Gasteiger partial charge in [0.2, 0.25) is 0 Å². The van der Waals surface area contributed by atoms with E-state index in [0.29, 0.717) is 11.4 Å². The van der Waals surface area contributed by atoms with Gasteiger partial charge in [0.15, 0.2) is 11.4 Å². The molecule has 0 aliphatic carbocycles. The molecule has 1 aliphatic rings. The van der Waals surface area contributed by atoms with E-state index in [1.54, 1.807) is 6.20 Å². The van der Waals surface area contributed by atoms with Crippen LogP contribution in [0.2, 0.25) is 0 Å². The SMILES string of the molecule is CCN1CCC(Oc2c(C#N)ncc3[nH]c4ncc(-c5ccc(C)cc5)cc4c23)CC1. The first kappa shape index (κ1) is 19.5. The smallest absolute Gasteiger partial charge is 0.183 e. The summed E-state index contributed by atoms with van der Waals surface area (Å²) < 4.78 is 6.45. The molecule has 6 nitrogen and oxygen atoms in total. The molecule has 1 N–H and O–H groups in total. The van der Waals surface area contributed by atoms with Crippen molar-refractivity contribution in [3.8, 4) is 22.9 Å². The van der Waals surface area contributed by atoms with Crippen LogP contribution in [0.5, 0.6) is 5.75 Å². The minimum atomic E-state index is 0.0838. The summed E-state index contributed by atoms with van der Waals surface area (Å²) in [5.74, 6) is 0.573. The summed E-state index contributed by atoms with van der Waals surface area (Å²) in [6, 6.07) is 12.8. The average Bonchev–Trinajstić information content (AvgIpc) is 3.18. The zero-order valence-electron chi connectivity index (χ0n) is 17.9. The van der Waals surface area contributed by atoms with Crippen LogP contribution in [-0.4, -0.2) is 45.6 Å². The summed E-state index contributed by atoms with van der Waals surface area (Å²) in [4.78, 5) is 14.8. The van der Waals surface area contributed by atoms with Crippen molar-refractivity contribution < 1.29 is 4.74 Å². The number of pyridine rings is 2. The van der Waals surface area contributed by atoms with Crippen LogP contribution in [0.3, 0.4) is 0 Å². The summed E-state index contributed by atoms with van der Waals surface area (Å²) in [5, 5.41) is 11.6. The summed E-state index contributed by atoms with van der Waals surface area (Å²) in [7, 11) is 0. The van der Waals surface area contributed by atoms with Crippen molar-refractivity contribution in [1.82, 2.24) is 19.9 Å². The Kier molecular flexibility index (Phi) is 5.05. The Morgan fingerprint density at radius 3 is 2.61 bits per heavy atom. The lowest BCUT2D eigenvalue weighted by molar-refractivity contribution is 0.104. The highest BCUT2D eigenvalue weighted by atomic mass is 16.5. The van der Waals surface area contributed by atoms with Gasteiger partial charge in [-0.15, -0.1) is 0 Å². The number of nitrogens with one attached hydrogen (secondary N) is 1. The maximum absolute atomic E-state index is 9.73. The second-order valence-corrected chi connectivity index (χ2v) is 8.20. The maximum Gasteiger partial charge on any atom is 0.183 e. The number of hydrogen-bond acceptors (Lipinski definition) is 5. The summed E-state index contributed by atoms with van der Waals surface area (Å²) in [6.07, 6.45) is 5.56. The number of aromatic nitrogens is 3. The number of rotatable bonds is 4. The van der Waals surface area contributed by atoms with E-state index >= 15 is 0 Å². The summed E-state index contributed by atoms with van der Waals surface area (Å²) in [5.41, 5.74) is 5.30. The third-order valence-corrected chi connectivity index (χ3v) is 6.20. The van der Waals surface area contributed by atoms with E-state index in [2.05, 4.69) is 70.1 Å². The Hall–Kier alpha value is -3.43. The number of fused-ring (bicyclic) bond motifs is 3. The van der Waals surface area contributed by atoms with E-state index in [1.807, 2.05) is 6.20 Å². The number of nitriles is 1. The normalized spacial score (nSPS) is 15.4. The van der Waals surface area contributed by atoms with Gasteiger partial charge in [-0.25, -0.2) is 9.97 Å². The minimum absolute atomic E-state index is 0.0838. The standard InChI is InChI=1S/C25H25N5O/c1-3-30-10-8-19(9-11-30)31-24-21(13-26)27-15-22-23(24)20-12-18(14-28-25(20)29-22)17-6-4-16(2)5-7-17/h4-7,12,14-15,19H,3,8-11H2,1-2H3,(H,28,29). The number of likely N-dealkylation sites (tertiary alicyclic amines) is 1. The number of aromatic amines is 1. The Labute approximate surface area is 181 Å². The summed E-state index contributed by atoms with van der Waals surface area (Å²) in [6.45, 7) is 7.35. The van der Waals surface area contributed by atoms with Crippen molar-refractivity contribution in [2.75, 3.05) is 19.6 Å². The van der Waals surface area contributed by atoms with E-state index in [0.717, 1.165) is 65.5 Å². The fraction of sp³-hybridized carbons (Fsp3) is 0.320. The lowest BCUT2D eigenvalue weighted by Crippen LogP contribution is -2.38. The van der Waals surface area contributed by atoms with Crippen molar-refractivity contribution in [2.24, 2.45) is 0 Å². The first-order chi connectivity index (χ1) is 15.2. The van der Waals surface area contributed by atoms with Gasteiger partial charge in [-0.2, -0.15) is 5.26 Å². The minimum Gasteiger partial charge on any atom is -0.487 e. The Morgan fingerprint density at radius 1 is 1.13 bits per heavy atom. The van der Waals surface area contributed by atoms with Crippen molar-refractivity contribution in [1.29, 1.82) is 5.26 Å². The van der Waals surface area contributed by atoms with Crippen LogP contribution >= 0.6 is 0 Å². The molecule has 1 fully saturated rings. The molecular formula is C25H25N5O. The monoisotopic (exact) mass is 411 g/mol. The van der Waals surface area contributed by atoms with Crippen LogP contribution in [0.25, 0.3) is 33.1 Å². The van der Waals surface area contributed by atoms with E-state index < -0.39 is 0 Å². The zero-order chi connectivity index (χ0) is 21.4. The van der Waals surface area contributed by atoms with Gasteiger partial charge in [0, 0.05) is 30.2 Å². The van der Waals surface area contributed by atoms with Crippen LogP contribution in [0, 0.1) is 18.3 Å². The average molecular weight is 412 g/mol. The number of ether oxygens (including phenoxy) is 1. The van der Waals surface area contributed by atoms with E-state index in [-0.39, 0.29) is 6.10 Å². The molecule has 0 radical (unpaired) electrons. The first-order valence-electron chi connectivity index (χ1n) is 10.8. The highest BCUT2D eigenvalue weighted by Crippen LogP contribution is 2.37. The quantitative estimate of drug-likeness (QED) is 0.521. The third-order valence-electron chi connectivity index (χ3n) is 6.20. The molecule has 1 aliphatic heterocycles. The van der Waals surface area contributed by atoms with Crippen LogP contribution in [0.15, 0.2) is 42.7 Å². The molecule has 156 valence electrons. The van der Waals surface area contributed by atoms with Gasteiger partial charge in [0.05, 0.1) is 17.1 Å². The van der Waals surface area contributed by atoms with E-state index in [1.165, 1.54) is 5.56 Å². The molecule has 1 aromatic carbocycles. The fourth-order valence-corrected chi connectivity index (χ4v) is 4.35. The van der Waals surface area contributed by atoms with Crippen LogP contribution in [-0.2, 0) is 0 Å². The number of piperidine rings is 1. The van der Waals surface area contributed by atoms with Gasteiger partial charge in [-0.3, -0.25) is 0 Å². The third kappa shape index (κ3) is 3.62.